The highest BCUT2D eigenvalue weighted by Gasteiger charge is 2.15. The predicted molar refractivity (Wildman–Crippen MR) is 64.2 cm³/mol. The molecule has 0 fully saturated rings. The largest absolute Gasteiger partial charge is 0.444 e. The smallest absolute Gasteiger partial charge is 0.412 e. The van der Waals surface area contributed by atoms with Crippen LogP contribution in [0, 0.1) is 0 Å². The molecule has 3 N–H and O–H groups in total. The molecule has 16 heavy (non-hydrogen) atoms. The van der Waals surface area contributed by atoms with Crippen LogP contribution >= 0.6 is 0 Å². The van der Waals surface area contributed by atoms with Gasteiger partial charge in [0.25, 0.3) is 0 Å². The quantitative estimate of drug-likeness (QED) is 0.811. The average Bonchev–Trinajstić information content (AvgIpc) is 2.20. The maximum atomic E-state index is 11.6. The highest BCUT2D eigenvalue weighted by molar-refractivity contribution is 5.84. The predicted octanol–water partition coefficient (Wildman–Crippen LogP) is 2.49. The molecule has 0 unspecified atom stereocenters. The minimum atomic E-state index is -0.676. The van der Waals surface area contributed by atoms with Crippen LogP contribution in [-0.2, 0) is 11.3 Å². The van der Waals surface area contributed by atoms with E-state index >= 15 is 0 Å². The number of ether oxygens (including phenoxy) is 1. The molecular weight excluding hydrogens is 204 g/mol. The maximum Gasteiger partial charge on any atom is 0.412 e. The Morgan fingerprint density at radius 3 is 2.50 bits per heavy atom. The first-order valence-electron chi connectivity index (χ1n) is 6.03. The number of carbonyl (C=O) groups excluding carboxylic acids is 1. The van der Waals surface area contributed by atoms with Gasteiger partial charge < -0.3 is 10.5 Å². The lowest BCUT2D eigenvalue weighted by Gasteiger charge is -2.19. The van der Waals surface area contributed by atoms with Gasteiger partial charge in [0.1, 0.15) is 5.60 Å². The Labute approximate surface area is 98.6 Å². The molecule has 1 rings (SSSR count). The summed E-state index contributed by atoms with van der Waals surface area (Å²) in [7, 11) is 0. The monoisotopic (exact) mass is 224 g/mol. The standard InChI is InChI=1S/C12H18N2O2/c1-12(2,3)16-11(15)14-10-6-4-9(8-13)5-7-10/h4-7H,8,13H2,1-3H3,(H,14,15)/i6D,7D. The third-order valence-corrected chi connectivity index (χ3v) is 1.67. The molecule has 88 valence electrons. The van der Waals surface area contributed by atoms with Gasteiger partial charge in [-0.1, -0.05) is 12.1 Å². The van der Waals surface area contributed by atoms with E-state index < -0.39 is 11.7 Å². The summed E-state index contributed by atoms with van der Waals surface area (Å²) in [5, 5.41) is 2.41. The van der Waals surface area contributed by atoms with Gasteiger partial charge >= 0.3 is 6.09 Å². The Morgan fingerprint density at radius 2 is 2.06 bits per heavy atom. The third-order valence-electron chi connectivity index (χ3n) is 1.67. The number of nitrogens with two attached hydrogens (primary N) is 1. The zero-order chi connectivity index (χ0) is 13.9. The van der Waals surface area contributed by atoms with E-state index in [1.165, 1.54) is 12.1 Å². The van der Waals surface area contributed by atoms with Gasteiger partial charge in [-0.05, 0) is 38.4 Å². The van der Waals surface area contributed by atoms with Crippen molar-refractivity contribution in [3.8, 4) is 0 Å². The SMILES string of the molecule is [2H]c1cc(CN)cc([2H])c1NC(=O)OC(C)(C)C. The van der Waals surface area contributed by atoms with Crippen LogP contribution in [0.25, 0.3) is 0 Å². The molecule has 0 aromatic heterocycles. The minimum Gasteiger partial charge on any atom is -0.444 e. The van der Waals surface area contributed by atoms with E-state index in [-0.39, 0.29) is 24.3 Å². The van der Waals surface area contributed by atoms with Crippen molar-refractivity contribution in [1.29, 1.82) is 0 Å². The Morgan fingerprint density at radius 1 is 1.50 bits per heavy atom. The second-order valence-electron chi connectivity index (χ2n) is 4.36. The van der Waals surface area contributed by atoms with Gasteiger partial charge in [-0.15, -0.1) is 0 Å². The van der Waals surface area contributed by atoms with Crippen LogP contribution in [0.1, 0.15) is 29.1 Å². The van der Waals surface area contributed by atoms with Crippen molar-refractivity contribution in [3.63, 3.8) is 0 Å². The molecule has 1 aromatic rings. The van der Waals surface area contributed by atoms with Crippen LogP contribution in [0.15, 0.2) is 24.2 Å². The van der Waals surface area contributed by atoms with E-state index in [1.54, 1.807) is 20.8 Å². The fourth-order valence-corrected chi connectivity index (χ4v) is 1.01. The van der Waals surface area contributed by atoms with Crippen LogP contribution in [0.4, 0.5) is 10.5 Å². The number of benzene rings is 1. The Hall–Kier alpha value is -1.55. The summed E-state index contributed by atoms with van der Waals surface area (Å²) < 4.78 is 20.5. The molecule has 0 radical (unpaired) electrons. The first-order chi connectivity index (χ1) is 8.23. The molecular formula is C12H18N2O2. The molecule has 0 aliphatic rings. The van der Waals surface area contributed by atoms with E-state index in [2.05, 4.69) is 5.32 Å². The fraction of sp³-hybridized carbons (Fsp3) is 0.417. The molecule has 0 atom stereocenters. The molecule has 1 aromatic carbocycles. The van der Waals surface area contributed by atoms with Gasteiger partial charge in [0.05, 0.1) is 2.74 Å². The highest BCUT2D eigenvalue weighted by Crippen LogP contribution is 2.12. The molecule has 0 spiro atoms. The minimum absolute atomic E-state index is 0.0498. The number of anilines is 1. The van der Waals surface area contributed by atoms with Crippen molar-refractivity contribution in [2.45, 2.75) is 32.9 Å². The summed E-state index contributed by atoms with van der Waals surface area (Å²) in [6, 6.07) is 3.14. The number of hydrogen-bond acceptors (Lipinski definition) is 3. The molecule has 4 heteroatoms. The van der Waals surface area contributed by atoms with Gasteiger partial charge in [-0.25, -0.2) is 4.79 Å². The summed E-state index contributed by atoms with van der Waals surface area (Å²) in [6.07, 6.45) is -0.676. The first-order valence-corrected chi connectivity index (χ1v) is 5.03. The van der Waals surface area contributed by atoms with E-state index in [1.807, 2.05) is 0 Å². The van der Waals surface area contributed by atoms with Crippen LogP contribution in [-0.4, -0.2) is 11.7 Å². The number of hydrogen-bond donors (Lipinski definition) is 2. The van der Waals surface area contributed by atoms with Crippen LogP contribution in [0.3, 0.4) is 0 Å². The van der Waals surface area contributed by atoms with Crippen molar-refractivity contribution in [3.05, 3.63) is 29.8 Å². The molecule has 4 nitrogen and oxygen atoms in total. The van der Waals surface area contributed by atoms with E-state index in [0.717, 1.165) is 0 Å². The lowest BCUT2D eigenvalue weighted by Crippen LogP contribution is -2.27. The van der Waals surface area contributed by atoms with Crippen molar-refractivity contribution < 1.29 is 12.3 Å². The topological polar surface area (TPSA) is 64.3 Å². The Balaban J connectivity index is 2.88. The maximum absolute atomic E-state index is 11.6. The first kappa shape index (κ1) is 9.66. The van der Waals surface area contributed by atoms with Gasteiger partial charge in [-0.3, -0.25) is 5.32 Å². The van der Waals surface area contributed by atoms with Crippen LogP contribution in [0.5, 0.6) is 0 Å². The number of carbonyl (C=O) groups is 1. The van der Waals surface area contributed by atoms with Gasteiger partial charge in [0.15, 0.2) is 0 Å². The van der Waals surface area contributed by atoms with Gasteiger partial charge in [-0.2, -0.15) is 0 Å². The normalized spacial score (nSPS) is 12.8. The summed E-state index contributed by atoms with van der Waals surface area (Å²) in [6.45, 7) is 5.48. The average molecular weight is 224 g/mol. The highest BCUT2D eigenvalue weighted by atomic mass is 16.6. The van der Waals surface area contributed by atoms with Crippen molar-refractivity contribution in [1.82, 2.24) is 0 Å². The lowest BCUT2D eigenvalue weighted by molar-refractivity contribution is 0.0636. The molecule has 0 saturated carbocycles. The lowest BCUT2D eigenvalue weighted by atomic mass is 10.2. The summed E-state index contributed by atoms with van der Waals surface area (Å²) in [4.78, 5) is 11.6. The number of nitrogens with one attached hydrogen (secondary N) is 1. The Kier molecular flexibility index (Phi) is 3.01. The molecule has 0 aliphatic carbocycles. The number of rotatable bonds is 2. The fourth-order valence-electron chi connectivity index (χ4n) is 1.01. The summed E-state index contributed by atoms with van der Waals surface area (Å²) >= 11 is 0. The van der Waals surface area contributed by atoms with Crippen LogP contribution < -0.4 is 11.1 Å². The van der Waals surface area contributed by atoms with Crippen molar-refractivity contribution >= 4 is 11.8 Å². The van der Waals surface area contributed by atoms with Gasteiger partial charge in [0, 0.05) is 12.2 Å². The van der Waals surface area contributed by atoms with Crippen molar-refractivity contribution in [2.24, 2.45) is 5.73 Å². The molecule has 0 saturated heterocycles. The van der Waals surface area contributed by atoms with Crippen molar-refractivity contribution in [2.75, 3.05) is 5.32 Å². The van der Waals surface area contributed by atoms with Gasteiger partial charge in [0.2, 0.25) is 0 Å². The third kappa shape index (κ3) is 4.31. The van der Waals surface area contributed by atoms with Crippen LogP contribution in [0.2, 0.25) is 0 Å². The second-order valence-corrected chi connectivity index (χ2v) is 4.36. The zero-order valence-electron chi connectivity index (χ0n) is 11.8. The summed E-state index contributed by atoms with van der Waals surface area (Å²) in [5.41, 5.74) is 5.63. The van der Waals surface area contributed by atoms with E-state index in [9.17, 15) is 4.79 Å². The molecule has 0 bridgehead atoms. The molecule has 0 aliphatic heterocycles. The molecule has 1 amide bonds. The molecule has 0 heterocycles. The Bertz CT molecular complexity index is 433. The summed E-state index contributed by atoms with van der Waals surface area (Å²) in [5.74, 6) is 0. The number of amides is 1. The van der Waals surface area contributed by atoms with E-state index in [4.69, 9.17) is 13.2 Å². The second kappa shape index (κ2) is 4.99. The zero-order valence-corrected chi connectivity index (χ0v) is 9.76. The van der Waals surface area contributed by atoms with E-state index in [0.29, 0.717) is 5.56 Å².